The number of hydrogen-bond acceptors (Lipinski definition) is 3. The fourth-order valence-electron chi connectivity index (χ4n) is 5.08. The van der Waals surface area contributed by atoms with Gasteiger partial charge in [0.2, 0.25) is 0 Å². The van der Waals surface area contributed by atoms with Gasteiger partial charge in [0.05, 0.1) is 18.2 Å². The zero-order valence-electron chi connectivity index (χ0n) is 16.3. The largest absolute Gasteiger partial charge is 0.493 e. The molecule has 2 aliphatic carbocycles. The summed E-state index contributed by atoms with van der Waals surface area (Å²) >= 11 is 0. The molecule has 1 aliphatic heterocycles. The Morgan fingerprint density at radius 2 is 1.96 bits per heavy atom. The van der Waals surface area contributed by atoms with Gasteiger partial charge in [-0.3, -0.25) is 0 Å². The molecule has 3 atom stereocenters. The maximum atomic E-state index is 11.3. The van der Waals surface area contributed by atoms with E-state index in [1.54, 1.807) is 12.1 Å². The predicted molar refractivity (Wildman–Crippen MR) is 109 cm³/mol. The van der Waals surface area contributed by atoms with E-state index < -0.39 is 5.97 Å². The summed E-state index contributed by atoms with van der Waals surface area (Å²) in [6.45, 7) is 2.87. The molecule has 0 spiro atoms. The van der Waals surface area contributed by atoms with Crippen LogP contribution >= 0.6 is 0 Å². The molecule has 0 unspecified atom stereocenters. The number of aryl methyl sites for hydroxylation is 1. The molecule has 0 amide bonds. The van der Waals surface area contributed by atoms with E-state index >= 15 is 0 Å². The molecule has 0 radical (unpaired) electrons. The molecule has 2 fully saturated rings. The third-order valence-electron chi connectivity index (χ3n) is 6.77. The van der Waals surface area contributed by atoms with Gasteiger partial charge in [-0.25, -0.2) is 4.79 Å². The van der Waals surface area contributed by atoms with Gasteiger partial charge in [0.15, 0.2) is 0 Å². The summed E-state index contributed by atoms with van der Waals surface area (Å²) in [5.41, 5.74) is 5.23. The number of fused-ring (bicyclic) bond motifs is 3. The molecule has 146 valence electrons. The van der Waals surface area contributed by atoms with Crippen LogP contribution in [0.3, 0.4) is 0 Å². The Bertz CT molecular complexity index is 918. The van der Waals surface area contributed by atoms with Crippen molar-refractivity contribution in [1.29, 1.82) is 0 Å². The Kier molecular flexibility index (Phi) is 4.30. The monoisotopic (exact) mass is 377 g/mol. The second kappa shape index (κ2) is 6.84. The van der Waals surface area contributed by atoms with Gasteiger partial charge >= 0.3 is 5.97 Å². The van der Waals surface area contributed by atoms with Gasteiger partial charge in [-0.2, -0.15) is 0 Å². The van der Waals surface area contributed by atoms with Crippen LogP contribution in [-0.4, -0.2) is 17.7 Å². The lowest BCUT2D eigenvalue weighted by atomic mass is 9.76. The Morgan fingerprint density at radius 1 is 1.11 bits per heavy atom. The maximum Gasteiger partial charge on any atom is 0.335 e. The van der Waals surface area contributed by atoms with E-state index in [9.17, 15) is 9.90 Å². The summed E-state index contributed by atoms with van der Waals surface area (Å²) in [4.78, 5) is 11.3. The normalized spacial score (nSPS) is 25.5. The van der Waals surface area contributed by atoms with Crippen molar-refractivity contribution in [3.63, 3.8) is 0 Å². The lowest BCUT2D eigenvalue weighted by Gasteiger charge is -2.38. The number of anilines is 1. The van der Waals surface area contributed by atoms with Crippen molar-refractivity contribution in [2.45, 2.75) is 51.0 Å². The smallest absolute Gasteiger partial charge is 0.335 e. The average molecular weight is 377 g/mol. The van der Waals surface area contributed by atoms with Crippen molar-refractivity contribution in [3.8, 4) is 5.75 Å². The fourth-order valence-corrected chi connectivity index (χ4v) is 5.08. The minimum absolute atomic E-state index is 0.237. The van der Waals surface area contributed by atoms with E-state index in [-0.39, 0.29) is 6.04 Å². The van der Waals surface area contributed by atoms with Crippen LogP contribution in [0.1, 0.15) is 71.1 Å². The van der Waals surface area contributed by atoms with Gasteiger partial charge < -0.3 is 15.2 Å². The molecule has 5 rings (SSSR count). The molecule has 2 saturated carbocycles. The Morgan fingerprint density at radius 3 is 2.71 bits per heavy atom. The molecule has 0 aromatic heterocycles. The first kappa shape index (κ1) is 17.6. The highest BCUT2D eigenvalue weighted by Gasteiger charge is 2.41. The number of benzene rings is 2. The number of nitrogens with one attached hydrogen (secondary N) is 1. The van der Waals surface area contributed by atoms with E-state index in [4.69, 9.17) is 4.74 Å². The van der Waals surface area contributed by atoms with Gasteiger partial charge in [-0.05, 0) is 97.4 Å². The van der Waals surface area contributed by atoms with Gasteiger partial charge in [0.1, 0.15) is 5.75 Å². The van der Waals surface area contributed by atoms with Crippen LogP contribution in [0, 0.1) is 18.8 Å². The van der Waals surface area contributed by atoms with E-state index in [0.717, 1.165) is 23.8 Å². The summed E-state index contributed by atoms with van der Waals surface area (Å²) in [6, 6.07) is 12.3. The molecule has 1 heterocycles. The molecule has 2 aromatic rings. The summed E-state index contributed by atoms with van der Waals surface area (Å²) in [5, 5.41) is 13.0. The predicted octanol–water partition coefficient (Wildman–Crippen LogP) is 5.53. The minimum atomic E-state index is -0.867. The second-order valence-electron chi connectivity index (χ2n) is 8.70. The van der Waals surface area contributed by atoms with E-state index in [1.165, 1.54) is 48.9 Å². The molecule has 0 bridgehead atoms. The Balaban J connectivity index is 1.45. The van der Waals surface area contributed by atoms with Crippen LogP contribution in [-0.2, 0) is 0 Å². The highest BCUT2D eigenvalue weighted by atomic mass is 16.5. The molecule has 0 saturated heterocycles. The quantitative estimate of drug-likeness (QED) is 0.719. The van der Waals surface area contributed by atoms with Crippen molar-refractivity contribution in [3.05, 3.63) is 58.7 Å². The molecule has 28 heavy (non-hydrogen) atoms. The van der Waals surface area contributed by atoms with Gasteiger partial charge in [0, 0.05) is 5.69 Å². The topological polar surface area (TPSA) is 58.6 Å². The van der Waals surface area contributed by atoms with Crippen molar-refractivity contribution < 1.29 is 14.6 Å². The summed E-state index contributed by atoms with van der Waals surface area (Å²) in [7, 11) is 0. The molecular formula is C24H27NO3. The molecule has 3 aliphatic rings. The number of carboxylic acid groups (broad SMARTS) is 1. The van der Waals surface area contributed by atoms with Crippen molar-refractivity contribution >= 4 is 11.7 Å². The summed E-state index contributed by atoms with van der Waals surface area (Å²) in [6.07, 6.45) is 6.27. The third-order valence-corrected chi connectivity index (χ3v) is 6.77. The summed E-state index contributed by atoms with van der Waals surface area (Å²) in [5.74, 6) is 1.98. The van der Waals surface area contributed by atoms with Crippen LogP contribution < -0.4 is 10.1 Å². The molecular weight excluding hydrogens is 350 g/mol. The molecule has 2 aromatic carbocycles. The first-order chi connectivity index (χ1) is 13.6. The van der Waals surface area contributed by atoms with E-state index in [0.29, 0.717) is 17.4 Å². The first-order valence-corrected chi connectivity index (χ1v) is 10.5. The molecule has 4 heteroatoms. The first-order valence-electron chi connectivity index (χ1n) is 10.5. The van der Waals surface area contributed by atoms with Crippen LogP contribution in [0.5, 0.6) is 5.75 Å². The number of aromatic carboxylic acids is 1. The zero-order valence-corrected chi connectivity index (χ0v) is 16.3. The number of hydrogen-bond donors (Lipinski definition) is 2. The maximum absolute atomic E-state index is 11.3. The van der Waals surface area contributed by atoms with E-state index in [1.807, 2.05) is 13.0 Å². The average Bonchev–Trinajstić information content (AvgIpc) is 3.39. The number of carbonyl (C=O) groups is 1. The number of ether oxygens (including phenoxy) is 1. The van der Waals surface area contributed by atoms with Crippen molar-refractivity contribution in [2.75, 3.05) is 11.9 Å². The van der Waals surface area contributed by atoms with E-state index in [2.05, 4.69) is 23.5 Å². The lowest BCUT2D eigenvalue weighted by Crippen LogP contribution is -2.29. The zero-order chi connectivity index (χ0) is 19.3. The van der Waals surface area contributed by atoms with Gasteiger partial charge in [-0.1, -0.05) is 12.5 Å². The second-order valence-corrected chi connectivity index (χ2v) is 8.70. The number of carboxylic acids is 1. The molecule has 4 nitrogen and oxygen atoms in total. The van der Waals surface area contributed by atoms with Crippen LogP contribution in [0.2, 0.25) is 0 Å². The van der Waals surface area contributed by atoms with Gasteiger partial charge in [0.25, 0.3) is 0 Å². The van der Waals surface area contributed by atoms with Crippen LogP contribution in [0.25, 0.3) is 0 Å². The minimum Gasteiger partial charge on any atom is -0.493 e. The standard InChI is InChI=1S/C24H27NO3/c1-14-11-16(24(26)27)7-9-18(14)23-20-4-2-3-19(20)21-12-17(8-10-22(21)25-23)28-13-15-5-6-15/h7-12,15,19-20,23,25H,2-6,13H2,1H3,(H,26,27)/t19-,20+,23+/m1/s1. The SMILES string of the molecule is Cc1cc(C(=O)O)ccc1[C@@H]1Nc2ccc(OCC3CC3)cc2[C@@H]2CCC[C@@H]21. The Labute approximate surface area is 165 Å². The lowest BCUT2D eigenvalue weighted by molar-refractivity contribution is 0.0696. The van der Waals surface area contributed by atoms with Crippen molar-refractivity contribution in [2.24, 2.45) is 11.8 Å². The van der Waals surface area contributed by atoms with Gasteiger partial charge in [-0.15, -0.1) is 0 Å². The number of rotatable bonds is 5. The fraction of sp³-hybridized carbons (Fsp3) is 0.458. The van der Waals surface area contributed by atoms with Crippen LogP contribution in [0.15, 0.2) is 36.4 Å². The summed E-state index contributed by atoms with van der Waals surface area (Å²) < 4.78 is 6.03. The molecule has 2 N–H and O–H groups in total. The highest BCUT2D eigenvalue weighted by Crippen LogP contribution is 2.53. The highest BCUT2D eigenvalue weighted by molar-refractivity contribution is 5.88. The van der Waals surface area contributed by atoms with Crippen LogP contribution in [0.4, 0.5) is 5.69 Å². The van der Waals surface area contributed by atoms with Crippen molar-refractivity contribution in [1.82, 2.24) is 0 Å². The Hall–Kier alpha value is -2.49. The third kappa shape index (κ3) is 3.15.